The van der Waals surface area contributed by atoms with Crippen LogP contribution in [0.1, 0.15) is 39.0 Å². The largest absolute Gasteiger partial charge is 0.305 e. The molecule has 0 aromatic carbocycles. The van der Waals surface area contributed by atoms with Gasteiger partial charge < -0.3 is 9.80 Å². The van der Waals surface area contributed by atoms with Gasteiger partial charge in [-0.05, 0) is 64.8 Å². The van der Waals surface area contributed by atoms with Crippen molar-refractivity contribution in [1.82, 2.24) is 15.1 Å². The van der Waals surface area contributed by atoms with Crippen molar-refractivity contribution >= 4 is 0 Å². The van der Waals surface area contributed by atoms with Crippen LogP contribution in [-0.4, -0.2) is 61.7 Å². The van der Waals surface area contributed by atoms with Gasteiger partial charge in [0.2, 0.25) is 0 Å². The Morgan fingerprint density at radius 1 is 1.25 bits per heavy atom. The molecule has 1 aliphatic heterocycles. The van der Waals surface area contributed by atoms with E-state index < -0.39 is 0 Å². The van der Waals surface area contributed by atoms with Crippen LogP contribution in [0.3, 0.4) is 0 Å². The number of likely N-dealkylation sites (N-methyl/N-ethyl adjacent to an activating group) is 1. The van der Waals surface area contributed by atoms with E-state index >= 15 is 0 Å². The first-order valence-corrected chi connectivity index (χ1v) is 8.27. The maximum atomic E-state index is 9.60. The third kappa shape index (κ3) is 3.72. The number of nitrogens with one attached hydrogen (secondary N) is 1. The van der Waals surface area contributed by atoms with Crippen molar-refractivity contribution in [3.8, 4) is 6.07 Å². The minimum absolute atomic E-state index is 0.239. The molecule has 2 aliphatic rings. The van der Waals surface area contributed by atoms with E-state index in [2.05, 4.69) is 35.2 Å². The van der Waals surface area contributed by atoms with Gasteiger partial charge in [-0.2, -0.15) is 5.26 Å². The Morgan fingerprint density at radius 2 is 2.10 bits per heavy atom. The zero-order valence-electron chi connectivity index (χ0n) is 13.2. The molecular weight excluding hydrogens is 248 g/mol. The Hall–Kier alpha value is -0.630. The van der Waals surface area contributed by atoms with Crippen LogP contribution in [-0.2, 0) is 0 Å². The molecule has 2 atom stereocenters. The van der Waals surface area contributed by atoms with Gasteiger partial charge in [-0.3, -0.25) is 5.32 Å². The van der Waals surface area contributed by atoms with E-state index in [4.69, 9.17) is 0 Å². The molecule has 114 valence electrons. The van der Waals surface area contributed by atoms with Crippen LogP contribution < -0.4 is 5.32 Å². The molecule has 0 aromatic heterocycles. The molecule has 2 unspecified atom stereocenters. The van der Waals surface area contributed by atoms with Gasteiger partial charge in [0, 0.05) is 13.1 Å². The van der Waals surface area contributed by atoms with E-state index in [1.807, 2.05) is 0 Å². The summed E-state index contributed by atoms with van der Waals surface area (Å²) in [5, 5.41) is 13.1. The maximum Gasteiger partial charge on any atom is 0.109 e. The zero-order valence-corrected chi connectivity index (χ0v) is 13.2. The lowest BCUT2D eigenvalue weighted by Crippen LogP contribution is -2.47. The fourth-order valence-corrected chi connectivity index (χ4v) is 3.87. The van der Waals surface area contributed by atoms with Crippen molar-refractivity contribution in [2.75, 3.05) is 46.3 Å². The fraction of sp³-hybridized carbons (Fsp3) is 0.938. The van der Waals surface area contributed by atoms with Crippen molar-refractivity contribution < 1.29 is 0 Å². The lowest BCUT2D eigenvalue weighted by molar-refractivity contribution is 0.227. The van der Waals surface area contributed by atoms with Crippen LogP contribution in [0.4, 0.5) is 0 Å². The fourth-order valence-electron chi connectivity index (χ4n) is 3.87. The summed E-state index contributed by atoms with van der Waals surface area (Å²) in [6.45, 7) is 8.98. The van der Waals surface area contributed by atoms with Crippen molar-refractivity contribution in [1.29, 1.82) is 5.26 Å². The summed E-state index contributed by atoms with van der Waals surface area (Å²) in [5.74, 6) is 0.536. The number of rotatable bonds is 5. The van der Waals surface area contributed by atoms with E-state index in [0.29, 0.717) is 5.92 Å². The lowest BCUT2D eigenvalue weighted by atomic mass is 9.85. The van der Waals surface area contributed by atoms with Crippen molar-refractivity contribution in [2.45, 2.75) is 44.6 Å². The molecule has 1 heterocycles. The molecular formula is C16H30N4. The first-order valence-electron chi connectivity index (χ1n) is 8.27. The average molecular weight is 278 g/mol. The average Bonchev–Trinajstić information content (AvgIpc) is 2.73. The van der Waals surface area contributed by atoms with Gasteiger partial charge >= 0.3 is 0 Å². The molecule has 1 saturated carbocycles. The van der Waals surface area contributed by atoms with E-state index in [9.17, 15) is 5.26 Å². The minimum atomic E-state index is -0.239. The molecule has 0 bridgehead atoms. The predicted octanol–water partition coefficient (Wildman–Crippen LogP) is 1.69. The van der Waals surface area contributed by atoms with Gasteiger partial charge in [0.25, 0.3) is 0 Å². The number of hydrogen-bond acceptors (Lipinski definition) is 4. The van der Waals surface area contributed by atoms with Gasteiger partial charge in [-0.1, -0.05) is 13.3 Å². The third-order valence-electron chi connectivity index (χ3n) is 5.12. The third-order valence-corrected chi connectivity index (χ3v) is 5.12. The molecule has 1 aliphatic carbocycles. The van der Waals surface area contributed by atoms with Crippen molar-refractivity contribution in [2.24, 2.45) is 5.92 Å². The second kappa shape index (κ2) is 7.40. The van der Waals surface area contributed by atoms with E-state index in [1.54, 1.807) is 0 Å². The van der Waals surface area contributed by atoms with Crippen LogP contribution in [0.2, 0.25) is 0 Å². The van der Waals surface area contributed by atoms with E-state index in [1.165, 1.54) is 51.9 Å². The van der Waals surface area contributed by atoms with Gasteiger partial charge in [-0.25, -0.2) is 0 Å². The Labute approximate surface area is 124 Å². The second-order valence-corrected chi connectivity index (χ2v) is 6.49. The highest BCUT2D eigenvalue weighted by molar-refractivity contribution is 5.14. The highest BCUT2D eigenvalue weighted by Gasteiger charge is 2.42. The van der Waals surface area contributed by atoms with Crippen molar-refractivity contribution in [3.05, 3.63) is 0 Å². The summed E-state index contributed by atoms with van der Waals surface area (Å²) in [6.07, 6.45) is 5.90. The van der Waals surface area contributed by atoms with Crippen LogP contribution >= 0.6 is 0 Å². The molecule has 0 amide bonds. The number of hydrogen-bond donors (Lipinski definition) is 1. The van der Waals surface area contributed by atoms with Crippen molar-refractivity contribution in [3.63, 3.8) is 0 Å². The molecule has 0 radical (unpaired) electrons. The van der Waals surface area contributed by atoms with Gasteiger partial charge in [0.05, 0.1) is 6.07 Å². The monoisotopic (exact) mass is 278 g/mol. The standard InChI is InChI=1S/C16H30N4/c1-3-18-16(14-17)8-4-6-15(16)7-11-20-10-5-9-19(2)12-13-20/h15,18H,3-13H2,1-2H3. The summed E-state index contributed by atoms with van der Waals surface area (Å²) in [7, 11) is 2.21. The first kappa shape index (κ1) is 15.8. The molecule has 1 saturated heterocycles. The Kier molecular flexibility index (Phi) is 5.83. The highest BCUT2D eigenvalue weighted by Crippen LogP contribution is 2.37. The number of nitrogens with zero attached hydrogens (tertiary/aromatic N) is 3. The maximum absolute atomic E-state index is 9.60. The molecule has 20 heavy (non-hydrogen) atoms. The Bertz CT molecular complexity index is 338. The van der Waals surface area contributed by atoms with Gasteiger partial charge in [0.1, 0.15) is 5.54 Å². The smallest absolute Gasteiger partial charge is 0.109 e. The molecule has 2 fully saturated rings. The normalized spacial score (nSPS) is 33.0. The molecule has 0 spiro atoms. The first-order chi connectivity index (χ1) is 9.70. The molecule has 4 nitrogen and oxygen atoms in total. The van der Waals surface area contributed by atoms with E-state index in [-0.39, 0.29) is 5.54 Å². The SMILES string of the molecule is CCNC1(C#N)CCCC1CCN1CCCN(C)CC1. The van der Waals surface area contributed by atoms with Gasteiger partial charge in [-0.15, -0.1) is 0 Å². The summed E-state index contributed by atoms with van der Waals surface area (Å²) >= 11 is 0. The predicted molar refractivity (Wildman–Crippen MR) is 82.5 cm³/mol. The van der Waals surface area contributed by atoms with E-state index in [0.717, 1.165) is 19.5 Å². The topological polar surface area (TPSA) is 42.3 Å². The quantitative estimate of drug-likeness (QED) is 0.831. The molecule has 0 aromatic rings. The second-order valence-electron chi connectivity index (χ2n) is 6.49. The zero-order chi connectivity index (χ0) is 14.4. The summed E-state index contributed by atoms with van der Waals surface area (Å²) in [4.78, 5) is 5.02. The highest BCUT2D eigenvalue weighted by atomic mass is 15.2. The Morgan fingerprint density at radius 3 is 2.85 bits per heavy atom. The van der Waals surface area contributed by atoms with Crippen LogP contribution in [0, 0.1) is 17.2 Å². The lowest BCUT2D eigenvalue weighted by Gasteiger charge is -2.31. The van der Waals surface area contributed by atoms with Crippen LogP contribution in [0.15, 0.2) is 0 Å². The minimum Gasteiger partial charge on any atom is -0.305 e. The molecule has 2 rings (SSSR count). The molecule has 4 heteroatoms. The summed E-state index contributed by atoms with van der Waals surface area (Å²) in [5.41, 5.74) is -0.239. The summed E-state index contributed by atoms with van der Waals surface area (Å²) < 4.78 is 0. The molecule has 1 N–H and O–H groups in total. The Balaban J connectivity index is 1.84. The summed E-state index contributed by atoms with van der Waals surface area (Å²) in [6, 6.07) is 2.60. The van der Waals surface area contributed by atoms with Crippen LogP contribution in [0.25, 0.3) is 0 Å². The number of nitriles is 1. The van der Waals surface area contributed by atoms with Gasteiger partial charge in [0.15, 0.2) is 0 Å². The van der Waals surface area contributed by atoms with Crippen LogP contribution in [0.5, 0.6) is 0 Å².